The number of rotatable bonds is 6. The molecule has 0 heterocycles. The van der Waals surface area contributed by atoms with Gasteiger partial charge in [-0.25, -0.2) is 8.78 Å². The minimum atomic E-state index is -4.02. The van der Waals surface area contributed by atoms with Gasteiger partial charge in [-0.3, -0.25) is 0 Å². The quantitative estimate of drug-likeness (QED) is 0.487. The topological polar surface area (TPSA) is 9.23 Å². The van der Waals surface area contributed by atoms with E-state index in [0.717, 1.165) is 0 Å². The molecular formula is C6H10F4OS. The average molecular weight is 206 g/mol. The summed E-state index contributed by atoms with van der Waals surface area (Å²) in [5.74, 6) is -3.49. The van der Waals surface area contributed by atoms with E-state index >= 15 is 0 Å². The van der Waals surface area contributed by atoms with Gasteiger partial charge in [-0.1, -0.05) is 0 Å². The van der Waals surface area contributed by atoms with Crippen molar-refractivity contribution in [1.29, 1.82) is 0 Å². The largest absolute Gasteiger partial charge is 0.374 e. The molecule has 0 saturated heterocycles. The Morgan fingerprint density at radius 3 is 2.42 bits per heavy atom. The Morgan fingerprint density at radius 1 is 1.42 bits per heavy atom. The maximum atomic E-state index is 12.1. The van der Waals surface area contributed by atoms with Crippen molar-refractivity contribution in [2.24, 2.45) is 0 Å². The van der Waals surface area contributed by atoms with Gasteiger partial charge in [0.1, 0.15) is 6.61 Å². The lowest BCUT2D eigenvalue weighted by Crippen LogP contribution is -2.32. The predicted octanol–water partition coefficient (Wildman–Crippen LogP) is 2.27. The van der Waals surface area contributed by atoms with Gasteiger partial charge in [0.2, 0.25) is 0 Å². The first kappa shape index (κ1) is 12.0. The molecule has 1 nitrogen and oxygen atoms in total. The monoisotopic (exact) mass is 206 g/mol. The lowest BCUT2D eigenvalue weighted by molar-refractivity contribution is -0.164. The summed E-state index contributed by atoms with van der Waals surface area (Å²) in [7, 11) is 0. The van der Waals surface area contributed by atoms with Gasteiger partial charge in [-0.2, -0.15) is 20.5 Å². The molecule has 0 aromatic carbocycles. The molecule has 6 heteroatoms. The molecule has 0 N–H and O–H groups in total. The number of alkyl halides is 4. The van der Waals surface area contributed by atoms with Crippen LogP contribution in [0.15, 0.2) is 0 Å². The zero-order valence-electron chi connectivity index (χ0n) is 6.53. The second-order valence-corrected chi connectivity index (χ2v) is 3.09. The molecule has 0 spiro atoms. The van der Waals surface area contributed by atoms with Crippen LogP contribution in [-0.2, 0) is 4.74 Å². The molecule has 0 fully saturated rings. The summed E-state index contributed by atoms with van der Waals surface area (Å²) in [6.07, 6.45) is -1.87. The summed E-state index contributed by atoms with van der Waals surface area (Å²) < 4.78 is 51.5. The van der Waals surface area contributed by atoms with Crippen LogP contribution in [0.3, 0.4) is 0 Å². The summed E-state index contributed by atoms with van der Waals surface area (Å²) in [5, 5.41) is 0. The first-order chi connectivity index (χ1) is 5.50. The van der Waals surface area contributed by atoms with Crippen molar-refractivity contribution < 1.29 is 22.3 Å². The minimum absolute atomic E-state index is 0.0729. The van der Waals surface area contributed by atoms with Gasteiger partial charge in [-0.05, 0) is 6.26 Å². The average Bonchev–Trinajstić information content (AvgIpc) is 1.98. The molecule has 0 aliphatic carbocycles. The molecule has 0 atom stereocenters. The van der Waals surface area contributed by atoms with Gasteiger partial charge in [-0.15, -0.1) is 0 Å². The number of halogens is 4. The van der Waals surface area contributed by atoms with Crippen LogP contribution in [0.1, 0.15) is 0 Å². The van der Waals surface area contributed by atoms with E-state index in [1.165, 1.54) is 11.8 Å². The van der Waals surface area contributed by atoms with Crippen LogP contribution in [0.25, 0.3) is 0 Å². The molecule has 0 aliphatic heterocycles. The Balaban J connectivity index is 3.47. The van der Waals surface area contributed by atoms with Crippen LogP contribution in [-0.4, -0.2) is 37.6 Å². The number of thioether (sulfide) groups is 1. The minimum Gasteiger partial charge on any atom is -0.374 e. The second kappa shape index (κ2) is 5.64. The summed E-state index contributed by atoms with van der Waals surface area (Å²) in [6.45, 7) is -1.13. The van der Waals surface area contributed by atoms with E-state index in [0.29, 0.717) is 5.75 Å². The fourth-order valence-corrected chi connectivity index (χ4v) is 0.698. The van der Waals surface area contributed by atoms with Crippen molar-refractivity contribution in [1.82, 2.24) is 0 Å². The SMILES string of the molecule is CSCCOCC(F)(F)C(F)F. The van der Waals surface area contributed by atoms with Crippen LogP contribution in [0, 0.1) is 0 Å². The van der Waals surface area contributed by atoms with Gasteiger partial charge < -0.3 is 4.74 Å². The van der Waals surface area contributed by atoms with Crippen molar-refractivity contribution in [3.63, 3.8) is 0 Å². The smallest absolute Gasteiger partial charge is 0.330 e. The summed E-state index contributed by atoms with van der Waals surface area (Å²) in [6, 6.07) is 0. The van der Waals surface area contributed by atoms with Crippen LogP contribution >= 0.6 is 11.8 Å². The molecule has 0 radical (unpaired) electrons. The lowest BCUT2D eigenvalue weighted by atomic mass is 10.4. The van der Waals surface area contributed by atoms with E-state index in [1.807, 2.05) is 0 Å². The highest BCUT2D eigenvalue weighted by Crippen LogP contribution is 2.22. The summed E-state index contributed by atoms with van der Waals surface area (Å²) >= 11 is 1.40. The maximum absolute atomic E-state index is 12.1. The van der Waals surface area contributed by atoms with Crippen molar-refractivity contribution in [3.8, 4) is 0 Å². The molecule has 0 aliphatic rings. The summed E-state index contributed by atoms with van der Waals surface area (Å²) in [5.41, 5.74) is 0. The van der Waals surface area contributed by atoms with E-state index in [-0.39, 0.29) is 6.61 Å². The normalized spacial score (nSPS) is 12.5. The third-order valence-corrected chi connectivity index (χ3v) is 1.62. The zero-order chi connectivity index (χ0) is 9.61. The zero-order valence-corrected chi connectivity index (χ0v) is 7.34. The first-order valence-corrected chi connectivity index (χ1v) is 4.62. The lowest BCUT2D eigenvalue weighted by Gasteiger charge is -2.14. The Bertz CT molecular complexity index is 120. The second-order valence-electron chi connectivity index (χ2n) is 2.11. The van der Waals surface area contributed by atoms with Gasteiger partial charge in [0.05, 0.1) is 6.61 Å². The highest BCUT2D eigenvalue weighted by Gasteiger charge is 2.40. The molecule has 12 heavy (non-hydrogen) atoms. The summed E-state index contributed by atoms with van der Waals surface area (Å²) in [4.78, 5) is 0. The van der Waals surface area contributed by atoms with Gasteiger partial charge >= 0.3 is 12.3 Å². The van der Waals surface area contributed by atoms with E-state index in [9.17, 15) is 17.6 Å². The molecule has 74 valence electrons. The van der Waals surface area contributed by atoms with E-state index in [4.69, 9.17) is 0 Å². The number of ether oxygens (including phenoxy) is 1. The van der Waals surface area contributed by atoms with Crippen LogP contribution < -0.4 is 0 Å². The fraction of sp³-hybridized carbons (Fsp3) is 1.00. The fourth-order valence-electron chi connectivity index (χ4n) is 0.413. The van der Waals surface area contributed by atoms with Crippen LogP contribution in [0.2, 0.25) is 0 Å². The molecule has 0 saturated carbocycles. The Kier molecular flexibility index (Phi) is 5.65. The van der Waals surface area contributed by atoms with Gasteiger partial charge in [0.25, 0.3) is 0 Å². The molecule has 0 aromatic rings. The third kappa shape index (κ3) is 4.82. The Morgan fingerprint density at radius 2 is 2.00 bits per heavy atom. The maximum Gasteiger partial charge on any atom is 0.330 e. The third-order valence-electron chi connectivity index (χ3n) is 1.05. The van der Waals surface area contributed by atoms with Gasteiger partial charge in [0, 0.05) is 5.75 Å². The molecule has 0 aromatic heterocycles. The molecule has 0 bridgehead atoms. The molecular weight excluding hydrogens is 196 g/mol. The standard InChI is InChI=1S/C6H10F4OS/c1-12-3-2-11-4-6(9,10)5(7)8/h5H,2-4H2,1H3. The number of hydrogen-bond donors (Lipinski definition) is 0. The van der Waals surface area contributed by atoms with Crippen molar-refractivity contribution in [3.05, 3.63) is 0 Å². The highest BCUT2D eigenvalue weighted by molar-refractivity contribution is 7.98. The van der Waals surface area contributed by atoms with E-state index < -0.39 is 19.0 Å². The van der Waals surface area contributed by atoms with Crippen molar-refractivity contribution in [2.45, 2.75) is 12.3 Å². The van der Waals surface area contributed by atoms with Crippen molar-refractivity contribution in [2.75, 3.05) is 25.2 Å². The molecule has 0 unspecified atom stereocenters. The van der Waals surface area contributed by atoms with E-state index in [2.05, 4.69) is 4.74 Å². The highest BCUT2D eigenvalue weighted by atomic mass is 32.2. The van der Waals surface area contributed by atoms with Crippen LogP contribution in [0.4, 0.5) is 17.6 Å². The van der Waals surface area contributed by atoms with E-state index in [1.54, 1.807) is 6.26 Å². The Labute approximate surface area is 72.5 Å². The Hall–Kier alpha value is 0.0300. The molecule has 0 rings (SSSR count). The predicted molar refractivity (Wildman–Crippen MR) is 40.2 cm³/mol. The van der Waals surface area contributed by atoms with Crippen molar-refractivity contribution >= 4 is 11.8 Å². The number of hydrogen-bond acceptors (Lipinski definition) is 2. The first-order valence-electron chi connectivity index (χ1n) is 3.23. The van der Waals surface area contributed by atoms with Gasteiger partial charge in [0.15, 0.2) is 0 Å². The van der Waals surface area contributed by atoms with Crippen LogP contribution in [0.5, 0.6) is 0 Å². The molecule has 0 amide bonds.